The Morgan fingerprint density at radius 2 is 1.92 bits per heavy atom. The molecule has 1 amide bonds. The minimum absolute atomic E-state index is 0.0619. The second kappa shape index (κ2) is 10.1. The third-order valence-electron chi connectivity index (χ3n) is 6.74. The molecule has 2 N–H and O–H groups in total. The molecule has 0 radical (unpaired) electrons. The van der Waals surface area contributed by atoms with Gasteiger partial charge in [0.15, 0.2) is 0 Å². The number of methoxy groups -OCH3 is 1. The molecule has 190 valence electrons. The number of ether oxygens (including phenoxy) is 1. The molecule has 0 bridgehead atoms. The Morgan fingerprint density at radius 3 is 2.62 bits per heavy atom. The van der Waals surface area contributed by atoms with Crippen LogP contribution in [0.3, 0.4) is 0 Å². The van der Waals surface area contributed by atoms with Crippen molar-refractivity contribution in [3.8, 4) is 5.75 Å². The van der Waals surface area contributed by atoms with E-state index in [1.54, 1.807) is 37.4 Å². The van der Waals surface area contributed by atoms with Crippen molar-refractivity contribution in [2.75, 3.05) is 30.5 Å². The van der Waals surface area contributed by atoms with Crippen molar-refractivity contribution in [3.63, 3.8) is 0 Å². The number of hydrogen-bond acceptors (Lipinski definition) is 6. The summed E-state index contributed by atoms with van der Waals surface area (Å²) in [5, 5.41) is 16.4. The number of benzene rings is 3. The van der Waals surface area contributed by atoms with Crippen LogP contribution in [-0.4, -0.2) is 43.5 Å². The van der Waals surface area contributed by atoms with Gasteiger partial charge < -0.3 is 24.9 Å². The molecular weight excluding hydrogens is 494 g/mol. The minimum atomic E-state index is -1.12. The summed E-state index contributed by atoms with van der Waals surface area (Å²) in [6.07, 6.45) is 3.55. The molecule has 2 aliphatic rings. The number of anilines is 2. The monoisotopic (exact) mass is 519 g/mol. The number of nitrogens with zero attached hydrogens (tertiary/aromatic N) is 2. The highest BCUT2D eigenvalue weighted by atomic mass is 35.5. The first-order chi connectivity index (χ1) is 17.9. The van der Waals surface area contributed by atoms with Crippen LogP contribution in [0, 0.1) is 0 Å². The van der Waals surface area contributed by atoms with Crippen molar-refractivity contribution in [2.24, 2.45) is 5.16 Å². The largest absolute Gasteiger partial charge is 0.497 e. The number of halogens is 1. The molecule has 1 fully saturated rings. The van der Waals surface area contributed by atoms with Gasteiger partial charge in [0.1, 0.15) is 11.8 Å². The second-order valence-corrected chi connectivity index (χ2v) is 9.68. The number of fused-ring (bicyclic) bond motifs is 2. The molecule has 1 atom stereocenters. The van der Waals surface area contributed by atoms with Crippen LogP contribution >= 0.6 is 11.6 Å². The van der Waals surface area contributed by atoms with Crippen LogP contribution < -0.4 is 15.0 Å². The van der Waals surface area contributed by atoms with Gasteiger partial charge in [0, 0.05) is 40.0 Å². The summed E-state index contributed by atoms with van der Waals surface area (Å²) in [4.78, 5) is 31.4. The van der Waals surface area contributed by atoms with Gasteiger partial charge in [0.25, 0.3) is 5.91 Å². The predicted octanol–water partition coefficient (Wildman–Crippen LogP) is 5.02. The lowest BCUT2D eigenvalue weighted by Gasteiger charge is -2.26. The molecule has 37 heavy (non-hydrogen) atoms. The van der Waals surface area contributed by atoms with E-state index in [9.17, 15) is 9.59 Å². The first-order valence-electron chi connectivity index (χ1n) is 11.9. The average Bonchev–Trinajstić information content (AvgIpc) is 3.61. The molecule has 1 heterocycles. The number of carbonyl (C=O) groups excluding carboxylic acids is 1. The van der Waals surface area contributed by atoms with E-state index in [-0.39, 0.29) is 11.3 Å². The summed E-state index contributed by atoms with van der Waals surface area (Å²) in [5.41, 5.74) is 4.26. The fourth-order valence-corrected chi connectivity index (χ4v) is 4.89. The number of carbonyl (C=O) groups is 2. The van der Waals surface area contributed by atoms with E-state index in [1.165, 1.54) is 11.8 Å². The highest BCUT2D eigenvalue weighted by Crippen LogP contribution is 2.56. The highest BCUT2D eigenvalue weighted by molar-refractivity contribution is 6.30. The van der Waals surface area contributed by atoms with Crippen LogP contribution in [0.1, 0.15) is 35.6 Å². The Labute approximate surface area is 219 Å². The summed E-state index contributed by atoms with van der Waals surface area (Å²) in [7, 11) is 1.54. The molecule has 1 aliphatic heterocycles. The van der Waals surface area contributed by atoms with Crippen molar-refractivity contribution >= 4 is 41.1 Å². The number of rotatable bonds is 9. The van der Waals surface area contributed by atoms with Crippen LogP contribution in [-0.2, 0) is 19.8 Å². The van der Waals surface area contributed by atoms with Crippen LogP contribution in [0.25, 0.3) is 0 Å². The number of amides is 1. The number of para-hydroxylation sites is 1. The molecule has 1 saturated carbocycles. The topological polar surface area (TPSA) is 100 Å². The summed E-state index contributed by atoms with van der Waals surface area (Å²) in [5.74, 6) is -0.650. The summed E-state index contributed by atoms with van der Waals surface area (Å²) in [6.45, 7) is 0.116. The van der Waals surface area contributed by atoms with E-state index >= 15 is 0 Å². The van der Waals surface area contributed by atoms with Gasteiger partial charge in [-0.25, -0.2) is 4.79 Å². The molecule has 9 heteroatoms. The number of aliphatic carboxylic acids is 1. The fourth-order valence-electron chi connectivity index (χ4n) is 4.76. The van der Waals surface area contributed by atoms with Gasteiger partial charge in [-0.2, -0.15) is 0 Å². The van der Waals surface area contributed by atoms with Crippen LogP contribution in [0.5, 0.6) is 5.75 Å². The van der Waals surface area contributed by atoms with E-state index in [0.29, 0.717) is 28.6 Å². The zero-order valence-electron chi connectivity index (χ0n) is 20.2. The maximum Gasteiger partial charge on any atom is 0.344 e. The van der Waals surface area contributed by atoms with Crippen molar-refractivity contribution in [1.29, 1.82) is 0 Å². The van der Waals surface area contributed by atoms with Crippen molar-refractivity contribution in [3.05, 3.63) is 88.4 Å². The number of nitrogens with one attached hydrogen (secondary N) is 1. The Bertz CT molecular complexity index is 1350. The quantitative estimate of drug-likeness (QED) is 0.304. The van der Waals surface area contributed by atoms with E-state index in [1.807, 2.05) is 35.2 Å². The fraction of sp³-hybridized carbons (Fsp3) is 0.250. The molecule has 8 nitrogen and oxygen atoms in total. The summed E-state index contributed by atoms with van der Waals surface area (Å²) >= 11 is 6.14. The summed E-state index contributed by atoms with van der Waals surface area (Å²) < 4.78 is 5.44. The van der Waals surface area contributed by atoms with Crippen molar-refractivity contribution in [2.45, 2.75) is 24.3 Å². The lowest BCUT2D eigenvalue weighted by atomic mass is 9.99. The zero-order chi connectivity index (χ0) is 26.0. The number of oxime groups is 1. The smallest absolute Gasteiger partial charge is 0.344 e. The molecular formula is C28H26ClN3O5. The molecule has 0 saturated heterocycles. The van der Waals surface area contributed by atoms with E-state index in [2.05, 4.69) is 16.5 Å². The molecule has 3 aromatic rings. The minimum Gasteiger partial charge on any atom is -0.497 e. The highest BCUT2D eigenvalue weighted by Gasteiger charge is 2.53. The second-order valence-electron chi connectivity index (χ2n) is 9.25. The lowest BCUT2D eigenvalue weighted by molar-refractivity contribution is -0.142. The molecule has 1 unspecified atom stereocenters. The number of carboxylic acids is 1. The van der Waals surface area contributed by atoms with Crippen LogP contribution in [0.4, 0.5) is 11.4 Å². The van der Waals surface area contributed by atoms with Gasteiger partial charge in [0.2, 0.25) is 6.61 Å². The SMILES string of the molecule is COc1cc(/C=N/OCC(=O)O)cc(NC(C(=O)N2CC3(CC3)c3ccccc32)c2ccc(Cl)cc2)c1. The molecule has 5 rings (SSSR count). The third-order valence-corrected chi connectivity index (χ3v) is 6.99. The van der Waals surface area contributed by atoms with E-state index < -0.39 is 18.6 Å². The molecule has 0 aromatic heterocycles. The van der Waals surface area contributed by atoms with Gasteiger partial charge >= 0.3 is 5.97 Å². The number of hydrogen-bond donors (Lipinski definition) is 2. The first-order valence-corrected chi connectivity index (χ1v) is 12.3. The van der Waals surface area contributed by atoms with Crippen molar-refractivity contribution < 1.29 is 24.3 Å². The predicted molar refractivity (Wildman–Crippen MR) is 142 cm³/mol. The Morgan fingerprint density at radius 1 is 1.16 bits per heavy atom. The average molecular weight is 520 g/mol. The molecule has 1 spiro atoms. The Hall–Kier alpha value is -4.04. The molecule has 3 aromatic carbocycles. The van der Waals surface area contributed by atoms with Crippen LogP contribution in [0.15, 0.2) is 71.9 Å². The van der Waals surface area contributed by atoms with Gasteiger partial charge in [-0.3, -0.25) is 4.79 Å². The number of carboxylic acid groups (broad SMARTS) is 1. The Kier molecular flexibility index (Phi) is 6.76. The van der Waals surface area contributed by atoms with E-state index in [0.717, 1.165) is 24.1 Å². The van der Waals surface area contributed by atoms with Crippen molar-refractivity contribution in [1.82, 2.24) is 0 Å². The van der Waals surface area contributed by atoms with Gasteiger partial charge in [0.05, 0.1) is 13.3 Å². The first kappa shape index (κ1) is 24.6. The van der Waals surface area contributed by atoms with E-state index in [4.69, 9.17) is 26.3 Å². The lowest BCUT2D eigenvalue weighted by Crippen LogP contribution is -2.38. The maximum absolute atomic E-state index is 14.1. The Balaban J connectivity index is 1.47. The normalized spacial score (nSPS) is 15.9. The van der Waals surface area contributed by atoms with Crippen LogP contribution in [0.2, 0.25) is 5.02 Å². The maximum atomic E-state index is 14.1. The third kappa shape index (κ3) is 5.24. The van der Waals surface area contributed by atoms with Gasteiger partial charge in [-0.05, 0) is 54.3 Å². The summed E-state index contributed by atoms with van der Waals surface area (Å²) in [6, 6.07) is 19.9. The standard InChI is InChI=1S/C28H26ClN3O5/c1-36-22-13-18(15-30-37-16-25(33)34)12-21(14-22)31-26(19-6-8-20(29)9-7-19)27(35)32-17-28(10-11-28)23-4-2-3-5-24(23)32/h2-9,12-15,26,31H,10-11,16-17H2,1H3,(H,33,34)/b30-15+. The van der Waals surface area contributed by atoms with Gasteiger partial charge in [-0.1, -0.05) is 47.1 Å². The van der Waals surface area contributed by atoms with Gasteiger partial charge in [-0.15, -0.1) is 0 Å². The zero-order valence-corrected chi connectivity index (χ0v) is 20.9. The molecule has 1 aliphatic carbocycles.